The predicted octanol–water partition coefficient (Wildman–Crippen LogP) is 3.52. The van der Waals surface area contributed by atoms with Gasteiger partial charge < -0.3 is 4.74 Å². The Bertz CT molecular complexity index is 442. The molecule has 1 aromatic carbocycles. The van der Waals surface area contributed by atoms with E-state index in [-0.39, 0.29) is 0 Å². The SMILES string of the molecule is C=CC(C)(OC(=O)C(=C)C)c1ccc(C)cc1. The Kier molecular flexibility index (Phi) is 3.89. The first-order valence-corrected chi connectivity index (χ1v) is 5.48. The number of hydrogen-bond acceptors (Lipinski definition) is 2. The maximum Gasteiger partial charge on any atom is 0.334 e. The Morgan fingerprint density at radius 2 is 1.88 bits per heavy atom. The number of rotatable bonds is 4. The minimum absolute atomic E-state index is 0.380. The van der Waals surface area contributed by atoms with Crippen molar-refractivity contribution in [3.63, 3.8) is 0 Å². The van der Waals surface area contributed by atoms with Gasteiger partial charge in [0.05, 0.1) is 0 Å². The van der Waals surface area contributed by atoms with Gasteiger partial charge in [-0.15, -0.1) is 0 Å². The topological polar surface area (TPSA) is 26.3 Å². The van der Waals surface area contributed by atoms with E-state index in [0.29, 0.717) is 5.57 Å². The van der Waals surface area contributed by atoms with Crippen molar-refractivity contribution in [1.29, 1.82) is 0 Å². The third kappa shape index (κ3) is 3.06. The first-order chi connectivity index (χ1) is 7.89. The van der Waals surface area contributed by atoms with Gasteiger partial charge >= 0.3 is 5.97 Å². The molecule has 2 nitrogen and oxygen atoms in total. The highest BCUT2D eigenvalue weighted by Crippen LogP contribution is 2.27. The van der Waals surface area contributed by atoms with Gasteiger partial charge in [0, 0.05) is 5.57 Å². The van der Waals surface area contributed by atoms with Crippen LogP contribution in [0.25, 0.3) is 0 Å². The molecule has 1 unspecified atom stereocenters. The van der Waals surface area contributed by atoms with Crippen LogP contribution >= 0.6 is 0 Å². The van der Waals surface area contributed by atoms with E-state index in [0.717, 1.165) is 11.1 Å². The normalized spacial score (nSPS) is 13.6. The van der Waals surface area contributed by atoms with E-state index in [2.05, 4.69) is 13.2 Å². The van der Waals surface area contributed by atoms with Gasteiger partial charge in [0.1, 0.15) is 0 Å². The molecule has 0 bridgehead atoms. The maximum atomic E-state index is 11.6. The number of benzene rings is 1. The van der Waals surface area contributed by atoms with E-state index in [4.69, 9.17) is 4.74 Å². The van der Waals surface area contributed by atoms with Gasteiger partial charge in [-0.2, -0.15) is 0 Å². The van der Waals surface area contributed by atoms with Gasteiger partial charge in [-0.1, -0.05) is 43.0 Å². The molecule has 0 saturated carbocycles. The van der Waals surface area contributed by atoms with Crippen molar-refractivity contribution in [3.05, 3.63) is 60.2 Å². The summed E-state index contributed by atoms with van der Waals surface area (Å²) in [5, 5.41) is 0. The van der Waals surface area contributed by atoms with E-state index in [1.165, 1.54) is 0 Å². The fraction of sp³-hybridized carbons (Fsp3) is 0.267. The number of ether oxygens (including phenoxy) is 1. The molecule has 0 fully saturated rings. The average Bonchev–Trinajstić information content (AvgIpc) is 2.29. The predicted molar refractivity (Wildman–Crippen MR) is 69.6 cm³/mol. The number of carbonyl (C=O) groups is 1. The molecule has 0 heterocycles. The summed E-state index contributed by atoms with van der Waals surface area (Å²) in [6.07, 6.45) is 1.62. The first kappa shape index (κ1) is 13.2. The summed E-state index contributed by atoms with van der Waals surface area (Å²) in [6, 6.07) is 7.82. The summed E-state index contributed by atoms with van der Waals surface area (Å²) in [6.45, 7) is 12.8. The van der Waals surface area contributed by atoms with Crippen molar-refractivity contribution in [2.75, 3.05) is 0 Å². The minimum Gasteiger partial charge on any atom is -0.447 e. The number of esters is 1. The van der Waals surface area contributed by atoms with E-state index < -0.39 is 11.6 Å². The standard InChI is InChI=1S/C15H18O2/c1-6-15(5,17-14(16)11(2)3)13-9-7-12(4)8-10-13/h6-10H,1-2H2,3-5H3. The lowest BCUT2D eigenvalue weighted by Gasteiger charge is -2.26. The zero-order valence-electron chi connectivity index (χ0n) is 10.6. The number of carbonyl (C=O) groups excluding carboxylic acids is 1. The zero-order chi connectivity index (χ0) is 13.1. The van der Waals surface area contributed by atoms with Crippen molar-refractivity contribution in [1.82, 2.24) is 0 Å². The maximum absolute atomic E-state index is 11.6. The van der Waals surface area contributed by atoms with Gasteiger partial charge in [-0.05, 0) is 32.4 Å². The molecular formula is C15H18O2. The fourth-order valence-corrected chi connectivity index (χ4v) is 1.38. The largest absolute Gasteiger partial charge is 0.447 e. The summed E-state index contributed by atoms with van der Waals surface area (Å²) in [5.41, 5.74) is 1.62. The van der Waals surface area contributed by atoms with Crippen LogP contribution in [0.4, 0.5) is 0 Å². The van der Waals surface area contributed by atoms with Crippen LogP contribution in [-0.2, 0) is 15.1 Å². The van der Waals surface area contributed by atoms with Crippen molar-refractivity contribution in [2.45, 2.75) is 26.4 Å². The van der Waals surface area contributed by atoms with E-state index in [1.807, 2.05) is 38.1 Å². The lowest BCUT2D eigenvalue weighted by atomic mass is 9.95. The average molecular weight is 230 g/mol. The van der Waals surface area contributed by atoms with Crippen molar-refractivity contribution >= 4 is 5.97 Å². The second-order valence-corrected chi connectivity index (χ2v) is 4.35. The molecule has 0 N–H and O–H groups in total. The molecule has 0 aliphatic heterocycles. The summed E-state index contributed by atoms with van der Waals surface area (Å²) in [4.78, 5) is 11.6. The van der Waals surface area contributed by atoms with Crippen LogP contribution in [0, 0.1) is 6.92 Å². The lowest BCUT2D eigenvalue weighted by molar-refractivity contribution is -0.149. The monoisotopic (exact) mass is 230 g/mol. The molecule has 2 heteroatoms. The van der Waals surface area contributed by atoms with E-state index >= 15 is 0 Å². The second-order valence-electron chi connectivity index (χ2n) is 4.35. The van der Waals surface area contributed by atoms with Gasteiger partial charge in [0.25, 0.3) is 0 Å². The molecule has 0 aliphatic rings. The van der Waals surface area contributed by atoms with Crippen LogP contribution in [-0.4, -0.2) is 5.97 Å². The molecular weight excluding hydrogens is 212 g/mol. The Labute approximate surface area is 103 Å². The third-order valence-corrected chi connectivity index (χ3v) is 2.67. The Balaban J connectivity index is 3.03. The van der Waals surface area contributed by atoms with E-state index in [9.17, 15) is 4.79 Å². The lowest BCUT2D eigenvalue weighted by Crippen LogP contribution is -2.27. The van der Waals surface area contributed by atoms with Gasteiger partial charge in [0.15, 0.2) is 5.60 Å². The Morgan fingerprint density at radius 1 is 1.35 bits per heavy atom. The molecule has 1 atom stereocenters. The van der Waals surface area contributed by atoms with Gasteiger partial charge in [-0.3, -0.25) is 0 Å². The molecule has 0 aromatic heterocycles. The van der Waals surface area contributed by atoms with Crippen molar-refractivity contribution < 1.29 is 9.53 Å². The van der Waals surface area contributed by atoms with Crippen LogP contribution in [0.5, 0.6) is 0 Å². The fourth-order valence-electron chi connectivity index (χ4n) is 1.38. The van der Waals surface area contributed by atoms with Crippen LogP contribution < -0.4 is 0 Å². The van der Waals surface area contributed by atoms with Crippen LogP contribution in [0.2, 0.25) is 0 Å². The molecule has 0 aliphatic carbocycles. The number of aryl methyl sites for hydroxylation is 1. The van der Waals surface area contributed by atoms with Crippen molar-refractivity contribution in [2.24, 2.45) is 0 Å². The highest BCUT2D eigenvalue weighted by atomic mass is 16.6. The molecule has 90 valence electrons. The first-order valence-electron chi connectivity index (χ1n) is 5.48. The van der Waals surface area contributed by atoms with Crippen molar-refractivity contribution in [3.8, 4) is 0 Å². The minimum atomic E-state index is -0.816. The Morgan fingerprint density at radius 3 is 2.29 bits per heavy atom. The second kappa shape index (κ2) is 5.00. The smallest absolute Gasteiger partial charge is 0.334 e. The summed E-state index contributed by atoms with van der Waals surface area (Å²) >= 11 is 0. The quantitative estimate of drug-likeness (QED) is 0.449. The third-order valence-electron chi connectivity index (χ3n) is 2.67. The molecule has 1 aromatic rings. The summed E-state index contributed by atoms with van der Waals surface area (Å²) in [5.74, 6) is -0.409. The summed E-state index contributed by atoms with van der Waals surface area (Å²) in [7, 11) is 0. The molecule has 1 rings (SSSR count). The summed E-state index contributed by atoms with van der Waals surface area (Å²) < 4.78 is 5.42. The van der Waals surface area contributed by atoms with Crippen LogP contribution in [0.15, 0.2) is 49.1 Å². The molecule has 0 radical (unpaired) electrons. The van der Waals surface area contributed by atoms with E-state index in [1.54, 1.807) is 13.0 Å². The highest BCUT2D eigenvalue weighted by molar-refractivity contribution is 5.87. The van der Waals surface area contributed by atoms with Gasteiger partial charge in [-0.25, -0.2) is 4.79 Å². The van der Waals surface area contributed by atoms with Crippen LogP contribution in [0.3, 0.4) is 0 Å². The van der Waals surface area contributed by atoms with Crippen LogP contribution in [0.1, 0.15) is 25.0 Å². The number of hydrogen-bond donors (Lipinski definition) is 0. The highest BCUT2D eigenvalue weighted by Gasteiger charge is 2.27. The van der Waals surface area contributed by atoms with Gasteiger partial charge in [0.2, 0.25) is 0 Å². The molecule has 0 amide bonds. The molecule has 0 saturated heterocycles. The molecule has 0 spiro atoms. The molecule has 17 heavy (non-hydrogen) atoms. The Hall–Kier alpha value is -1.83. The zero-order valence-corrected chi connectivity index (χ0v) is 10.6.